The molecular formula is C7H13N3O. The van der Waals surface area contributed by atoms with Gasteiger partial charge in [-0.15, -0.1) is 0 Å². The molecule has 0 saturated heterocycles. The van der Waals surface area contributed by atoms with Crippen molar-refractivity contribution in [3.05, 3.63) is 0 Å². The number of nitrogens with one attached hydrogen (secondary N) is 2. The van der Waals surface area contributed by atoms with Crippen LogP contribution < -0.4 is 10.6 Å². The second-order valence-electron chi connectivity index (χ2n) is 2.49. The van der Waals surface area contributed by atoms with Gasteiger partial charge in [0.15, 0.2) is 0 Å². The van der Waals surface area contributed by atoms with Gasteiger partial charge in [-0.25, -0.2) is 0 Å². The first kappa shape index (κ1) is 8.04. The highest BCUT2D eigenvalue weighted by Crippen LogP contribution is 1.88. The van der Waals surface area contributed by atoms with Crippen LogP contribution in [0.25, 0.3) is 0 Å². The highest BCUT2D eigenvalue weighted by molar-refractivity contribution is 5.84. The maximum absolute atomic E-state index is 10.4. The average Bonchev–Trinajstić information content (AvgIpc) is 2.39. The number of carbonyl (C=O) groups is 1. The lowest BCUT2D eigenvalue weighted by Crippen LogP contribution is -2.27. The van der Waals surface area contributed by atoms with E-state index in [1.165, 1.54) is 6.92 Å². The molecule has 0 saturated carbocycles. The normalized spacial score (nSPS) is 15.5. The van der Waals surface area contributed by atoms with Crippen molar-refractivity contribution in [3.8, 4) is 0 Å². The molecule has 0 aliphatic carbocycles. The van der Waals surface area contributed by atoms with Crippen molar-refractivity contribution in [1.29, 1.82) is 0 Å². The van der Waals surface area contributed by atoms with Gasteiger partial charge in [0.25, 0.3) is 0 Å². The van der Waals surface area contributed by atoms with E-state index >= 15 is 0 Å². The summed E-state index contributed by atoms with van der Waals surface area (Å²) in [5.41, 5.74) is 0. The quantitative estimate of drug-likeness (QED) is 0.578. The molecule has 1 aliphatic rings. The minimum Gasteiger partial charge on any atom is -0.372 e. The molecule has 1 aliphatic heterocycles. The molecule has 0 aromatic rings. The van der Waals surface area contributed by atoms with Crippen molar-refractivity contribution in [3.63, 3.8) is 0 Å². The zero-order valence-electron chi connectivity index (χ0n) is 6.68. The van der Waals surface area contributed by atoms with Gasteiger partial charge in [-0.3, -0.25) is 9.79 Å². The lowest BCUT2D eigenvalue weighted by atomic mass is 10.4. The highest BCUT2D eigenvalue weighted by atomic mass is 16.1. The van der Waals surface area contributed by atoms with Gasteiger partial charge in [0.05, 0.1) is 12.4 Å². The van der Waals surface area contributed by atoms with Gasteiger partial charge in [0.2, 0.25) is 5.91 Å². The van der Waals surface area contributed by atoms with E-state index in [-0.39, 0.29) is 5.91 Å². The van der Waals surface area contributed by atoms with Crippen LogP contribution in [0.3, 0.4) is 0 Å². The minimum absolute atomic E-state index is 0.0172. The smallest absolute Gasteiger partial charge is 0.216 e. The number of carbonyl (C=O) groups excluding carboxylic acids is 1. The third-order valence-corrected chi connectivity index (χ3v) is 1.48. The highest BCUT2D eigenvalue weighted by Gasteiger charge is 2.03. The van der Waals surface area contributed by atoms with E-state index in [1.807, 2.05) is 0 Å². The average molecular weight is 155 g/mol. The molecule has 0 radical (unpaired) electrons. The molecule has 0 bridgehead atoms. The summed E-state index contributed by atoms with van der Waals surface area (Å²) in [7, 11) is 0. The van der Waals surface area contributed by atoms with E-state index in [4.69, 9.17) is 0 Å². The van der Waals surface area contributed by atoms with Gasteiger partial charge in [0, 0.05) is 26.4 Å². The number of nitrogens with zero attached hydrogens (tertiary/aromatic N) is 1. The molecular weight excluding hydrogens is 142 g/mol. The second kappa shape index (κ2) is 3.95. The van der Waals surface area contributed by atoms with Crippen molar-refractivity contribution in [1.82, 2.24) is 10.6 Å². The zero-order valence-corrected chi connectivity index (χ0v) is 6.68. The first-order chi connectivity index (χ1) is 5.29. The lowest BCUT2D eigenvalue weighted by Gasteiger charge is -2.01. The summed E-state index contributed by atoms with van der Waals surface area (Å²) in [5.74, 6) is 1.03. The monoisotopic (exact) mass is 155 g/mol. The van der Waals surface area contributed by atoms with Crippen LogP contribution in [0.1, 0.15) is 13.3 Å². The van der Waals surface area contributed by atoms with Crippen LogP contribution in [0, 0.1) is 0 Å². The summed E-state index contributed by atoms with van der Waals surface area (Å²) in [5, 5.41) is 5.84. The molecule has 0 aromatic heterocycles. The fourth-order valence-electron chi connectivity index (χ4n) is 0.971. The molecule has 1 rings (SSSR count). The summed E-state index contributed by atoms with van der Waals surface area (Å²) in [6.07, 6.45) is 0.819. The Morgan fingerprint density at radius 1 is 1.82 bits per heavy atom. The van der Waals surface area contributed by atoms with E-state index in [0.717, 1.165) is 25.3 Å². The Bertz CT molecular complexity index is 177. The Kier molecular flexibility index (Phi) is 2.89. The third-order valence-electron chi connectivity index (χ3n) is 1.48. The predicted molar refractivity (Wildman–Crippen MR) is 43.6 cm³/mol. The van der Waals surface area contributed by atoms with Crippen molar-refractivity contribution in [2.45, 2.75) is 13.3 Å². The molecule has 11 heavy (non-hydrogen) atoms. The molecule has 0 unspecified atom stereocenters. The minimum atomic E-state index is 0.0172. The summed E-state index contributed by atoms with van der Waals surface area (Å²) in [6.45, 7) is 4.01. The molecule has 2 N–H and O–H groups in total. The molecule has 0 fully saturated rings. The number of rotatable bonds is 3. The van der Waals surface area contributed by atoms with E-state index in [9.17, 15) is 4.79 Å². The molecule has 4 heteroatoms. The van der Waals surface area contributed by atoms with Gasteiger partial charge in [-0.2, -0.15) is 0 Å². The molecule has 0 aromatic carbocycles. The second-order valence-corrected chi connectivity index (χ2v) is 2.49. The Morgan fingerprint density at radius 3 is 3.18 bits per heavy atom. The fraction of sp³-hybridized carbons (Fsp3) is 0.714. The molecule has 1 heterocycles. The number of hydrogen-bond donors (Lipinski definition) is 2. The Balaban J connectivity index is 2.07. The van der Waals surface area contributed by atoms with Crippen LogP contribution >= 0.6 is 0 Å². The summed E-state index contributed by atoms with van der Waals surface area (Å²) >= 11 is 0. The fourth-order valence-corrected chi connectivity index (χ4v) is 0.971. The maximum Gasteiger partial charge on any atom is 0.216 e. The number of aliphatic imine (C=N–C) groups is 1. The molecule has 62 valence electrons. The van der Waals surface area contributed by atoms with Crippen LogP contribution in [-0.4, -0.2) is 31.4 Å². The predicted octanol–water partition coefficient (Wildman–Crippen LogP) is -0.486. The first-order valence-electron chi connectivity index (χ1n) is 3.80. The largest absolute Gasteiger partial charge is 0.372 e. The Labute approximate surface area is 66.1 Å². The van der Waals surface area contributed by atoms with Gasteiger partial charge in [-0.1, -0.05) is 0 Å². The van der Waals surface area contributed by atoms with Crippen molar-refractivity contribution in [2.24, 2.45) is 4.99 Å². The van der Waals surface area contributed by atoms with Crippen molar-refractivity contribution in [2.75, 3.05) is 19.6 Å². The zero-order chi connectivity index (χ0) is 8.10. The molecule has 0 spiro atoms. The number of hydrogen-bond acceptors (Lipinski definition) is 3. The summed E-state index contributed by atoms with van der Waals surface area (Å²) in [4.78, 5) is 14.6. The van der Waals surface area contributed by atoms with E-state index in [2.05, 4.69) is 15.6 Å². The molecule has 4 nitrogen and oxygen atoms in total. The topological polar surface area (TPSA) is 53.5 Å². The standard InChI is InChI=1S/C7H13N3O/c1-6(11)8-3-2-7-9-4-5-10-7/h2-5H2,1H3,(H,8,11)(H,9,10). The summed E-state index contributed by atoms with van der Waals surface area (Å²) in [6, 6.07) is 0. The van der Waals surface area contributed by atoms with E-state index < -0.39 is 0 Å². The summed E-state index contributed by atoms with van der Waals surface area (Å²) < 4.78 is 0. The molecule has 1 amide bonds. The van der Waals surface area contributed by atoms with Gasteiger partial charge in [-0.05, 0) is 0 Å². The van der Waals surface area contributed by atoms with E-state index in [1.54, 1.807) is 0 Å². The number of amidine groups is 1. The molecule has 0 atom stereocenters. The van der Waals surface area contributed by atoms with Crippen LogP contribution in [0.2, 0.25) is 0 Å². The van der Waals surface area contributed by atoms with Crippen LogP contribution in [-0.2, 0) is 4.79 Å². The van der Waals surface area contributed by atoms with Crippen molar-refractivity contribution < 1.29 is 4.79 Å². The van der Waals surface area contributed by atoms with Crippen LogP contribution in [0.5, 0.6) is 0 Å². The maximum atomic E-state index is 10.4. The SMILES string of the molecule is CC(=O)NCCC1=NCCN1. The van der Waals surface area contributed by atoms with Gasteiger partial charge in [0.1, 0.15) is 0 Å². The Hall–Kier alpha value is -1.06. The third kappa shape index (κ3) is 3.02. The van der Waals surface area contributed by atoms with Gasteiger partial charge < -0.3 is 10.6 Å². The first-order valence-corrected chi connectivity index (χ1v) is 3.80. The van der Waals surface area contributed by atoms with Crippen molar-refractivity contribution >= 4 is 11.7 Å². The van der Waals surface area contributed by atoms with Crippen LogP contribution in [0.4, 0.5) is 0 Å². The van der Waals surface area contributed by atoms with Gasteiger partial charge >= 0.3 is 0 Å². The van der Waals surface area contributed by atoms with Crippen LogP contribution in [0.15, 0.2) is 4.99 Å². The number of amides is 1. The van der Waals surface area contributed by atoms with E-state index in [0.29, 0.717) is 6.54 Å². The lowest BCUT2D eigenvalue weighted by molar-refractivity contribution is -0.118. The Morgan fingerprint density at radius 2 is 2.64 bits per heavy atom.